The summed E-state index contributed by atoms with van der Waals surface area (Å²) in [7, 11) is 0. The molecule has 0 spiro atoms. The van der Waals surface area contributed by atoms with Gasteiger partial charge < -0.3 is 0 Å². The monoisotopic (exact) mass is 246 g/mol. The highest BCUT2D eigenvalue weighted by Crippen LogP contribution is 2.57. The van der Waals surface area contributed by atoms with E-state index < -0.39 is 10.2 Å². The van der Waals surface area contributed by atoms with Gasteiger partial charge in [0, 0.05) is 12.8 Å². The molecule has 3 heteroatoms. The molecule has 0 heterocycles. The van der Waals surface area contributed by atoms with E-state index >= 15 is 0 Å². The third-order valence-electron chi connectivity index (χ3n) is 2.37. The molecule has 1 saturated carbocycles. The van der Waals surface area contributed by atoms with Crippen molar-refractivity contribution in [2.24, 2.45) is 0 Å². The van der Waals surface area contributed by atoms with E-state index in [2.05, 4.69) is 15.9 Å². The lowest BCUT2D eigenvalue weighted by atomic mass is 9.76. The van der Waals surface area contributed by atoms with Crippen LogP contribution in [0.15, 0.2) is 30.3 Å². The fourth-order valence-electron chi connectivity index (χ4n) is 1.71. The molecule has 13 heavy (non-hydrogen) atoms. The van der Waals surface area contributed by atoms with Gasteiger partial charge in [-0.1, -0.05) is 46.3 Å². The highest BCUT2D eigenvalue weighted by Gasteiger charge is 2.55. The summed E-state index contributed by atoms with van der Waals surface area (Å²) in [5.41, 5.74) is 0.945. The molecule has 0 nitrogen and oxygen atoms in total. The SMILES string of the molecule is FC1(F)CC(Br)(c2ccccc2)C1. The summed E-state index contributed by atoms with van der Waals surface area (Å²) in [4.78, 5) is 0. The van der Waals surface area contributed by atoms with Crippen molar-refractivity contribution in [3.63, 3.8) is 0 Å². The quantitative estimate of drug-likeness (QED) is 0.663. The first kappa shape index (κ1) is 9.13. The molecule has 70 valence electrons. The topological polar surface area (TPSA) is 0 Å². The number of hydrogen-bond acceptors (Lipinski definition) is 0. The van der Waals surface area contributed by atoms with Crippen LogP contribution in [0.4, 0.5) is 8.78 Å². The van der Waals surface area contributed by atoms with Crippen molar-refractivity contribution in [3.8, 4) is 0 Å². The Hall–Kier alpha value is -0.440. The number of hydrogen-bond donors (Lipinski definition) is 0. The summed E-state index contributed by atoms with van der Waals surface area (Å²) in [5.74, 6) is -2.49. The first-order chi connectivity index (χ1) is 6.02. The zero-order valence-corrected chi connectivity index (χ0v) is 8.52. The van der Waals surface area contributed by atoms with Crippen molar-refractivity contribution in [1.29, 1.82) is 0 Å². The van der Waals surface area contributed by atoms with Crippen molar-refractivity contribution < 1.29 is 8.78 Å². The molecule has 1 aliphatic rings. The van der Waals surface area contributed by atoms with E-state index in [1.807, 2.05) is 30.3 Å². The largest absolute Gasteiger partial charge is 0.251 e. The van der Waals surface area contributed by atoms with E-state index in [0.717, 1.165) is 5.56 Å². The Labute approximate surface area is 84.1 Å². The molecule has 0 bridgehead atoms. The Bertz CT molecular complexity index is 300. The molecule has 1 aromatic rings. The van der Waals surface area contributed by atoms with Crippen LogP contribution in [0, 0.1) is 0 Å². The summed E-state index contributed by atoms with van der Waals surface area (Å²) >= 11 is 3.37. The molecule has 0 saturated heterocycles. The van der Waals surface area contributed by atoms with Gasteiger partial charge in [-0.05, 0) is 5.56 Å². The van der Waals surface area contributed by atoms with Gasteiger partial charge in [0.2, 0.25) is 0 Å². The third kappa shape index (κ3) is 1.62. The average Bonchev–Trinajstić information content (AvgIpc) is 2.02. The van der Waals surface area contributed by atoms with E-state index in [9.17, 15) is 8.78 Å². The van der Waals surface area contributed by atoms with Gasteiger partial charge in [0.25, 0.3) is 5.92 Å². The highest BCUT2D eigenvalue weighted by molar-refractivity contribution is 9.09. The average molecular weight is 247 g/mol. The molecule has 1 aromatic carbocycles. The first-order valence-corrected chi connectivity index (χ1v) is 4.93. The predicted octanol–water partition coefficient (Wildman–Crippen LogP) is 3.71. The van der Waals surface area contributed by atoms with Gasteiger partial charge in [-0.15, -0.1) is 0 Å². The van der Waals surface area contributed by atoms with E-state index in [4.69, 9.17) is 0 Å². The summed E-state index contributed by atoms with van der Waals surface area (Å²) in [6.45, 7) is 0. The lowest BCUT2D eigenvalue weighted by Crippen LogP contribution is -2.44. The lowest BCUT2D eigenvalue weighted by molar-refractivity contribution is -0.0955. The maximum absolute atomic E-state index is 12.7. The van der Waals surface area contributed by atoms with Crippen LogP contribution in [0.25, 0.3) is 0 Å². The Morgan fingerprint density at radius 3 is 2.08 bits per heavy atom. The van der Waals surface area contributed by atoms with Crippen molar-refractivity contribution in [2.45, 2.75) is 23.1 Å². The minimum Gasteiger partial charge on any atom is -0.207 e. The van der Waals surface area contributed by atoms with Crippen molar-refractivity contribution >= 4 is 15.9 Å². The summed E-state index contributed by atoms with van der Waals surface area (Å²) in [5, 5.41) is 0. The summed E-state index contributed by atoms with van der Waals surface area (Å²) < 4.78 is 24.9. The van der Waals surface area contributed by atoms with Gasteiger partial charge in [0.05, 0.1) is 4.32 Å². The minimum absolute atomic E-state index is 0.0932. The van der Waals surface area contributed by atoms with Gasteiger partial charge in [0.15, 0.2) is 0 Å². The van der Waals surface area contributed by atoms with Gasteiger partial charge in [-0.2, -0.15) is 0 Å². The van der Waals surface area contributed by atoms with E-state index in [1.54, 1.807) is 0 Å². The molecule has 0 amide bonds. The molecule has 0 atom stereocenters. The predicted molar refractivity (Wildman–Crippen MR) is 51.2 cm³/mol. The summed E-state index contributed by atoms with van der Waals surface area (Å²) in [6.07, 6.45) is -0.186. The minimum atomic E-state index is -2.49. The van der Waals surface area contributed by atoms with Crippen LogP contribution in [0.3, 0.4) is 0 Å². The second kappa shape index (κ2) is 2.77. The van der Waals surface area contributed by atoms with Crippen LogP contribution in [0.5, 0.6) is 0 Å². The smallest absolute Gasteiger partial charge is 0.207 e. The molecule has 2 rings (SSSR count). The molecule has 0 aromatic heterocycles. The van der Waals surface area contributed by atoms with Crippen LogP contribution < -0.4 is 0 Å². The third-order valence-corrected chi connectivity index (χ3v) is 3.39. The number of rotatable bonds is 1. The Morgan fingerprint density at radius 2 is 1.62 bits per heavy atom. The van der Waals surface area contributed by atoms with Gasteiger partial charge in [-0.3, -0.25) is 0 Å². The van der Waals surface area contributed by atoms with Crippen LogP contribution in [0.2, 0.25) is 0 Å². The van der Waals surface area contributed by atoms with Crippen molar-refractivity contribution in [2.75, 3.05) is 0 Å². The van der Waals surface area contributed by atoms with Crippen LogP contribution in [-0.4, -0.2) is 5.92 Å². The fraction of sp³-hybridized carbons (Fsp3) is 0.400. The van der Waals surface area contributed by atoms with Gasteiger partial charge in [-0.25, -0.2) is 8.78 Å². The van der Waals surface area contributed by atoms with E-state index in [0.29, 0.717) is 0 Å². The van der Waals surface area contributed by atoms with Crippen molar-refractivity contribution in [3.05, 3.63) is 35.9 Å². The number of halogens is 3. The van der Waals surface area contributed by atoms with Crippen molar-refractivity contribution in [1.82, 2.24) is 0 Å². The molecule has 1 aliphatic carbocycles. The number of benzene rings is 1. The van der Waals surface area contributed by atoms with Crippen LogP contribution in [-0.2, 0) is 4.32 Å². The highest BCUT2D eigenvalue weighted by atomic mass is 79.9. The zero-order chi connectivity index (χ0) is 9.53. The molecule has 0 aliphatic heterocycles. The molecule has 0 radical (unpaired) electrons. The standard InChI is InChI=1S/C10H9BrF2/c11-9(6-10(12,13)7-9)8-4-2-1-3-5-8/h1-5H,6-7H2. The molecular weight excluding hydrogens is 238 g/mol. The molecule has 0 unspecified atom stereocenters. The maximum atomic E-state index is 12.7. The lowest BCUT2D eigenvalue weighted by Gasteiger charge is -2.43. The zero-order valence-electron chi connectivity index (χ0n) is 6.93. The van der Waals surface area contributed by atoms with E-state index in [1.165, 1.54) is 0 Å². The van der Waals surface area contributed by atoms with Crippen LogP contribution >= 0.6 is 15.9 Å². The van der Waals surface area contributed by atoms with Gasteiger partial charge >= 0.3 is 0 Å². The fourth-order valence-corrected chi connectivity index (χ4v) is 2.79. The summed E-state index contributed by atoms with van der Waals surface area (Å²) in [6, 6.07) is 9.38. The molecular formula is C10H9BrF2. The van der Waals surface area contributed by atoms with Crippen LogP contribution in [0.1, 0.15) is 18.4 Å². The second-order valence-corrected chi connectivity index (χ2v) is 5.06. The first-order valence-electron chi connectivity index (χ1n) is 4.14. The normalized spacial score (nSPS) is 23.6. The Balaban J connectivity index is 2.21. The second-order valence-electron chi connectivity index (χ2n) is 3.54. The van der Waals surface area contributed by atoms with Gasteiger partial charge in [0.1, 0.15) is 0 Å². The number of alkyl halides is 3. The Kier molecular flexibility index (Phi) is 1.95. The maximum Gasteiger partial charge on any atom is 0.251 e. The Morgan fingerprint density at radius 1 is 1.08 bits per heavy atom. The van der Waals surface area contributed by atoms with E-state index in [-0.39, 0.29) is 12.8 Å². The molecule has 1 fully saturated rings. The molecule has 0 N–H and O–H groups in total.